The molecule has 0 aliphatic carbocycles. The van der Waals surface area contributed by atoms with Crippen LogP contribution in [0.15, 0.2) is 48.9 Å². The summed E-state index contributed by atoms with van der Waals surface area (Å²) in [6.45, 7) is 2.82. The van der Waals surface area contributed by atoms with Crippen LogP contribution < -0.4 is 10.6 Å². The Morgan fingerprint density at radius 2 is 1.86 bits per heavy atom. The Morgan fingerprint density at radius 3 is 2.66 bits per heavy atom. The Labute approximate surface area is 168 Å². The second-order valence-corrected chi connectivity index (χ2v) is 6.58. The van der Waals surface area contributed by atoms with Gasteiger partial charge in [0.25, 0.3) is 0 Å². The SMILES string of the molecule is N#Cc1cc(-c2ccc(N)c(C(=N)c3cc(N4CCOCC4)ncn3)c2)ccn1. The highest BCUT2D eigenvalue weighted by atomic mass is 16.5. The van der Waals surface area contributed by atoms with E-state index in [1.807, 2.05) is 24.3 Å². The van der Waals surface area contributed by atoms with Crippen LogP contribution in [-0.2, 0) is 4.74 Å². The third-order valence-electron chi connectivity index (χ3n) is 4.77. The molecule has 8 nitrogen and oxygen atoms in total. The summed E-state index contributed by atoms with van der Waals surface area (Å²) < 4.78 is 5.39. The molecule has 1 aliphatic heterocycles. The van der Waals surface area contributed by atoms with Gasteiger partial charge in [-0.05, 0) is 35.4 Å². The molecule has 0 amide bonds. The van der Waals surface area contributed by atoms with Crippen LogP contribution in [-0.4, -0.2) is 47.0 Å². The first-order chi connectivity index (χ1) is 14.2. The van der Waals surface area contributed by atoms with Crippen LogP contribution in [0.5, 0.6) is 0 Å². The number of nitrogens with two attached hydrogens (primary N) is 1. The van der Waals surface area contributed by atoms with E-state index in [1.165, 1.54) is 6.33 Å². The quantitative estimate of drug-likeness (QED) is 0.521. The molecular formula is C21H19N7O. The van der Waals surface area contributed by atoms with Crippen LogP contribution in [0, 0.1) is 16.7 Å². The van der Waals surface area contributed by atoms with Crippen LogP contribution in [0.4, 0.5) is 11.5 Å². The fraction of sp³-hybridized carbons (Fsp3) is 0.190. The van der Waals surface area contributed by atoms with Gasteiger partial charge in [-0.3, -0.25) is 5.41 Å². The van der Waals surface area contributed by atoms with E-state index >= 15 is 0 Å². The standard InChI is InChI=1S/C21H19N7O/c22-12-16-9-15(3-4-25-16)14-1-2-18(23)17(10-14)21(24)19-11-20(27-13-26-19)28-5-7-29-8-6-28/h1-4,9-11,13,24H,5-8,23H2. The summed E-state index contributed by atoms with van der Waals surface area (Å²) >= 11 is 0. The average Bonchev–Trinajstić information content (AvgIpc) is 2.79. The Balaban J connectivity index is 1.67. The van der Waals surface area contributed by atoms with Crippen LogP contribution in [0.3, 0.4) is 0 Å². The van der Waals surface area contributed by atoms with E-state index in [2.05, 4.69) is 19.9 Å². The molecule has 3 N–H and O–H groups in total. The van der Waals surface area contributed by atoms with Crippen molar-refractivity contribution in [3.05, 3.63) is 65.9 Å². The van der Waals surface area contributed by atoms with Crippen molar-refractivity contribution in [3.63, 3.8) is 0 Å². The summed E-state index contributed by atoms with van der Waals surface area (Å²) in [6.07, 6.45) is 3.06. The molecule has 0 unspecified atom stereocenters. The van der Waals surface area contributed by atoms with Gasteiger partial charge < -0.3 is 15.4 Å². The van der Waals surface area contributed by atoms with E-state index in [1.54, 1.807) is 24.4 Å². The highest BCUT2D eigenvalue weighted by Gasteiger charge is 2.16. The average molecular weight is 385 g/mol. The van der Waals surface area contributed by atoms with E-state index in [4.69, 9.17) is 21.1 Å². The predicted octanol–water partition coefficient (Wildman–Crippen LogP) is 2.25. The number of aromatic nitrogens is 3. The predicted molar refractivity (Wildman–Crippen MR) is 110 cm³/mol. The first-order valence-electron chi connectivity index (χ1n) is 9.16. The maximum absolute atomic E-state index is 9.09. The molecule has 0 bridgehead atoms. The fourth-order valence-electron chi connectivity index (χ4n) is 3.21. The van der Waals surface area contributed by atoms with Crippen LogP contribution in [0.1, 0.15) is 17.0 Å². The zero-order valence-electron chi connectivity index (χ0n) is 15.7. The Morgan fingerprint density at radius 1 is 1.07 bits per heavy atom. The molecule has 1 aliphatic rings. The van der Waals surface area contributed by atoms with Gasteiger partial charge in [0.2, 0.25) is 0 Å². The van der Waals surface area contributed by atoms with Crippen molar-refractivity contribution >= 4 is 17.2 Å². The molecule has 8 heteroatoms. The summed E-state index contributed by atoms with van der Waals surface area (Å²) in [4.78, 5) is 14.7. The molecule has 1 fully saturated rings. The van der Waals surface area contributed by atoms with Crippen molar-refractivity contribution in [2.45, 2.75) is 0 Å². The number of ether oxygens (including phenoxy) is 1. The van der Waals surface area contributed by atoms with E-state index < -0.39 is 0 Å². The summed E-state index contributed by atoms with van der Waals surface area (Å²) in [7, 11) is 0. The minimum atomic E-state index is 0.218. The molecule has 3 heterocycles. The smallest absolute Gasteiger partial charge is 0.141 e. The number of nitrogens with one attached hydrogen (secondary N) is 1. The van der Waals surface area contributed by atoms with Crippen LogP contribution >= 0.6 is 0 Å². The fourth-order valence-corrected chi connectivity index (χ4v) is 3.21. The summed E-state index contributed by atoms with van der Waals surface area (Å²) in [6, 6.07) is 12.8. The normalized spacial score (nSPS) is 13.7. The number of benzene rings is 1. The number of morpholine rings is 1. The molecule has 144 valence electrons. The molecule has 29 heavy (non-hydrogen) atoms. The number of nitrogen functional groups attached to an aromatic ring is 1. The molecule has 1 aromatic carbocycles. The first kappa shape index (κ1) is 18.5. The highest BCUT2D eigenvalue weighted by molar-refractivity contribution is 6.13. The van der Waals surface area contributed by atoms with E-state index in [-0.39, 0.29) is 5.71 Å². The minimum absolute atomic E-state index is 0.218. The highest BCUT2D eigenvalue weighted by Crippen LogP contribution is 2.26. The minimum Gasteiger partial charge on any atom is -0.398 e. The van der Waals surface area contributed by atoms with Crippen molar-refractivity contribution in [1.29, 1.82) is 10.7 Å². The second-order valence-electron chi connectivity index (χ2n) is 6.58. The molecule has 0 spiro atoms. The van der Waals surface area contributed by atoms with Crippen LogP contribution in [0.2, 0.25) is 0 Å². The number of anilines is 2. The third-order valence-corrected chi connectivity index (χ3v) is 4.77. The molecule has 0 atom stereocenters. The van der Waals surface area contributed by atoms with Gasteiger partial charge in [-0.2, -0.15) is 5.26 Å². The summed E-state index contributed by atoms with van der Waals surface area (Å²) in [5.41, 5.74) is 9.96. The number of nitrogens with zero attached hydrogens (tertiary/aromatic N) is 5. The number of rotatable bonds is 4. The Kier molecular flexibility index (Phi) is 5.14. The van der Waals surface area contributed by atoms with Gasteiger partial charge in [-0.25, -0.2) is 15.0 Å². The van der Waals surface area contributed by atoms with Crippen LogP contribution in [0.25, 0.3) is 11.1 Å². The van der Waals surface area contributed by atoms with Gasteiger partial charge in [0.05, 0.1) is 24.6 Å². The van der Waals surface area contributed by atoms with Gasteiger partial charge in [0.1, 0.15) is 23.9 Å². The molecule has 1 saturated heterocycles. The number of hydrogen-bond acceptors (Lipinski definition) is 8. The van der Waals surface area contributed by atoms with Gasteiger partial charge in [-0.15, -0.1) is 0 Å². The van der Waals surface area contributed by atoms with Gasteiger partial charge in [0.15, 0.2) is 0 Å². The number of pyridine rings is 1. The number of hydrogen-bond donors (Lipinski definition) is 2. The summed E-state index contributed by atoms with van der Waals surface area (Å²) in [5.74, 6) is 0.769. The lowest BCUT2D eigenvalue weighted by Crippen LogP contribution is -2.36. The first-order valence-corrected chi connectivity index (χ1v) is 9.16. The van der Waals surface area contributed by atoms with Crippen molar-refractivity contribution in [1.82, 2.24) is 15.0 Å². The molecule has 3 aromatic rings. The maximum Gasteiger partial charge on any atom is 0.141 e. The molecular weight excluding hydrogens is 366 g/mol. The lowest BCUT2D eigenvalue weighted by atomic mass is 9.98. The largest absolute Gasteiger partial charge is 0.398 e. The molecule has 0 radical (unpaired) electrons. The van der Waals surface area contributed by atoms with E-state index in [9.17, 15) is 0 Å². The Hall–Kier alpha value is -3.83. The van der Waals surface area contributed by atoms with Crippen molar-refractivity contribution in [3.8, 4) is 17.2 Å². The van der Waals surface area contributed by atoms with E-state index in [0.29, 0.717) is 35.9 Å². The monoisotopic (exact) mass is 385 g/mol. The topological polar surface area (TPSA) is 125 Å². The second kappa shape index (κ2) is 8.04. The van der Waals surface area contributed by atoms with Crippen molar-refractivity contribution in [2.24, 2.45) is 0 Å². The Bertz CT molecular complexity index is 1100. The molecule has 4 rings (SSSR count). The van der Waals surface area contributed by atoms with Crippen molar-refractivity contribution < 1.29 is 4.74 Å². The molecule has 0 saturated carbocycles. The summed E-state index contributed by atoms with van der Waals surface area (Å²) in [5, 5.41) is 17.8. The molecule has 2 aromatic heterocycles. The third kappa shape index (κ3) is 3.90. The zero-order valence-corrected chi connectivity index (χ0v) is 15.7. The van der Waals surface area contributed by atoms with Gasteiger partial charge >= 0.3 is 0 Å². The van der Waals surface area contributed by atoms with E-state index in [0.717, 1.165) is 30.0 Å². The van der Waals surface area contributed by atoms with Crippen molar-refractivity contribution in [2.75, 3.05) is 36.9 Å². The maximum atomic E-state index is 9.09. The zero-order chi connectivity index (χ0) is 20.2. The lowest BCUT2D eigenvalue weighted by Gasteiger charge is -2.27. The number of nitriles is 1. The van der Waals surface area contributed by atoms with Gasteiger partial charge in [0, 0.05) is 36.6 Å². The van der Waals surface area contributed by atoms with Gasteiger partial charge in [-0.1, -0.05) is 6.07 Å². The lowest BCUT2D eigenvalue weighted by molar-refractivity contribution is 0.122.